The number of carbonyl (C=O) groups excluding carboxylic acids is 3. The van der Waals surface area contributed by atoms with Gasteiger partial charge in [-0.2, -0.15) is 0 Å². The quantitative estimate of drug-likeness (QED) is 0.0124. The van der Waals surface area contributed by atoms with Crippen LogP contribution in [-0.4, -0.2) is 51.8 Å². The van der Waals surface area contributed by atoms with E-state index in [9.17, 15) is 19.5 Å². The van der Waals surface area contributed by atoms with Crippen LogP contribution in [0.4, 0.5) is 0 Å². The van der Waals surface area contributed by atoms with Crippen molar-refractivity contribution in [2.45, 2.75) is 311 Å². The molecule has 454 valence electrons. The Morgan fingerprint density at radius 1 is 0.531 bits per heavy atom. The van der Waals surface area contributed by atoms with Crippen molar-refractivity contribution in [2.24, 2.45) is 10.8 Å². The standard InChI is InChI=1S/C74H116O7/c1-13-15-17-19-21-23-25-27-28-30-32-34-36-38-40-52-69(77)80-65-56-71(9,10)74(73(12,58-65)81-74)59-66(75)63(6)50-44-49-61(4)46-42-41-45-60(3)47-43-48-62(5)53-54-67-70(7,8)55-64(57-72(67,11)78)79-68(76)51-39-37-35-33-31-29-26-24-22-20-18-16-14-2/h24,26-28,41-50,53,64-65,78H,13-23,25,29-40,51-52,55-59H2,1-12H3/b26-24-,28-27+,42-41+,47-43+,49-44+,60-45+,61-46+,62-48+,63-50+/t54?,64-,65-,72+,73+,74-/m0/s1. The summed E-state index contributed by atoms with van der Waals surface area (Å²) in [5.74, 6) is -0.198. The topological polar surface area (TPSA) is 102 Å². The molecule has 0 spiro atoms. The van der Waals surface area contributed by atoms with Crippen molar-refractivity contribution < 1.29 is 33.7 Å². The average Bonchev–Trinajstić information content (AvgIpc) is 2.17. The molecule has 3 aliphatic rings. The van der Waals surface area contributed by atoms with E-state index in [4.69, 9.17) is 14.2 Å². The first-order valence-corrected chi connectivity index (χ1v) is 32.4. The van der Waals surface area contributed by atoms with Gasteiger partial charge in [0.1, 0.15) is 17.8 Å². The highest BCUT2D eigenvalue weighted by Crippen LogP contribution is 2.67. The van der Waals surface area contributed by atoms with Crippen molar-refractivity contribution in [2.75, 3.05) is 0 Å². The molecule has 0 aromatic heterocycles. The van der Waals surface area contributed by atoms with Crippen LogP contribution in [0.1, 0.15) is 282 Å². The van der Waals surface area contributed by atoms with Crippen LogP contribution in [0.2, 0.25) is 0 Å². The molecule has 1 N–H and O–H groups in total. The first kappa shape index (κ1) is 71.0. The van der Waals surface area contributed by atoms with Gasteiger partial charge < -0.3 is 19.3 Å². The maximum atomic E-state index is 13.6. The van der Waals surface area contributed by atoms with E-state index in [1.807, 2.05) is 82.4 Å². The van der Waals surface area contributed by atoms with Crippen LogP contribution in [0.15, 0.2) is 125 Å². The molecule has 7 nitrogen and oxygen atoms in total. The molecule has 81 heavy (non-hydrogen) atoms. The van der Waals surface area contributed by atoms with Crippen LogP contribution in [0.5, 0.6) is 0 Å². The van der Waals surface area contributed by atoms with Crippen molar-refractivity contribution in [3.63, 3.8) is 0 Å². The third-order valence-electron chi connectivity index (χ3n) is 17.2. The van der Waals surface area contributed by atoms with E-state index in [1.54, 1.807) is 0 Å². The smallest absolute Gasteiger partial charge is 0.306 e. The van der Waals surface area contributed by atoms with Crippen molar-refractivity contribution in [3.05, 3.63) is 125 Å². The number of allylic oxidation sites excluding steroid dienone is 18. The number of ether oxygens (including phenoxy) is 3. The molecule has 0 aromatic rings. The molecule has 0 aromatic carbocycles. The molecule has 1 aliphatic heterocycles. The van der Waals surface area contributed by atoms with Gasteiger partial charge in [0.25, 0.3) is 0 Å². The summed E-state index contributed by atoms with van der Waals surface area (Å²) in [4.78, 5) is 39.4. The predicted octanol–water partition coefficient (Wildman–Crippen LogP) is 20.5. The predicted molar refractivity (Wildman–Crippen MR) is 342 cm³/mol. The van der Waals surface area contributed by atoms with Crippen LogP contribution < -0.4 is 0 Å². The second-order valence-corrected chi connectivity index (χ2v) is 26.2. The Labute approximate surface area is 495 Å². The second-order valence-electron chi connectivity index (χ2n) is 26.2. The molecule has 1 saturated heterocycles. The molecule has 2 aliphatic carbocycles. The summed E-state index contributed by atoms with van der Waals surface area (Å²) in [6.45, 7) is 24.9. The number of carbonyl (C=O) groups is 3. The summed E-state index contributed by atoms with van der Waals surface area (Å²) in [5.41, 5.74) is 5.21. The minimum atomic E-state index is -1.14. The number of hydrogen-bond acceptors (Lipinski definition) is 7. The Morgan fingerprint density at radius 2 is 0.951 bits per heavy atom. The Bertz CT molecular complexity index is 2240. The minimum Gasteiger partial charge on any atom is -0.462 e. The molecule has 3 rings (SSSR count). The lowest BCUT2D eigenvalue weighted by molar-refractivity contribution is -0.156. The van der Waals surface area contributed by atoms with Crippen molar-refractivity contribution in [3.8, 4) is 0 Å². The lowest BCUT2D eigenvalue weighted by Crippen LogP contribution is -2.49. The number of epoxide rings is 1. The van der Waals surface area contributed by atoms with E-state index in [1.165, 1.54) is 103 Å². The second kappa shape index (κ2) is 37.8. The zero-order valence-corrected chi connectivity index (χ0v) is 53.6. The van der Waals surface area contributed by atoms with E-state index in [0.717, 1.165) is 73.7 Å². The van der Waals surface area contributed by atoms with E-state index < -0.39 is 16.8 Å². The van der Waals surface area contributed by atoms with Gasteiger partial charge in [-0.25, -0.2) is 0 Å². The summed E-state index contributed by atoms with van der Waals surface area (Å²) < 4.78 is 18.5. The Kier molecular flexibility index (Phi) is 33.1. The van der Waals surface area contributed by atoms with Crippen LogP contribution in [0.25, 0.3) is 0 Å². The van der Waals surface area contributed by atoms with E-state index in [-0.39, 0.29) is 40.8 Å². The maximum absolute atomic E-state index is 13.6. The van der Waals surface area contributed by atoms with E-state index in [2.05, 4.69) is 97.6 Å². The van der Waals surface area contributed by atoms with Crippen molar-refractivity contribution in [1.29, 1.82) is 0 Å². The van der Waals surface area contributed by atoms with Gasteiger partial charge in [-0.15, -0.1) is 5.73 Å². The number of aliphatic hydroxyl groups is 1. The Morgan fingerprint density at radius 3 is 1.42 bits per heavy atom. The largest absolute Gasteiger partial charge is 0.462 e. The summed E-state index contributed by atoms with van der Waals surface area (Å²) in [5, 5.41) is 11.6. The number of unbranched alkanes of at least 4 members (excludes halogenated alkanes) is 20. The zero-order chi connectivity index (χ0) is 59.6. The van der Waals surface area contributed by atoms with Gasteiger partial charge >= 0.3 is 11.9 Å². The van der Waals surface area contributed by atoms with Crippen LogP contribution >= 0.6 is 0 Å². The summed E-state index contributed by atoms with van der Waals surface area (Å²) in [7, 11) is 0. The molecule has 0 radical (unpaired) electrons. The summed E-state index contributed by atoms with van der Waals surface area (Å²) in [6, 6.07) is 0. The molecule has 5 atom stereocenters. The highest BCUT2D eigenvalue weighted by atomic mass is 16.6. The first-order chi connectivity index (χ1) is 38.6. The van der Waals surface area contributed by atoms with Gasteiger partial charge in [-0.3, -0.25) is 14.4 Å². The third kappa shape index (κ3) is 27.3. The monoisotopic (exact) mass is 1120 g/mol. The molecular formula is C74H116O7. The number of rotatable bonds is 40. The molecule has 0 amide bonds. The molecule has 0 bridgehead atoms. The Hall–Kier alpha value is -4.29. The fraction of sp³-hybridized carbons (Fsp3) is 0.676. The molecule has 0 unspecified atom stereocenters. The Balaban J connectivity index is 1.37. The fourth-order valence-corrected chi connectivity index (χ4v) is 12.4. The van der Waals surface area contributed by atoms with Crippen molar-refractivity contribution >= 4 is 17.7 Å². The molecule has 7 heteroatoms. The SMILES string of the molecule is CCCCCC/C=C\CCCCCCCC(=O)O[C@H]1CC(C)(C)C(=C=C/C(C)=C/C=C/C(C)=C/C=C/C=C(C)/C=C/C=C(\C)C(=O)C[C@@]23O[C@]2(C)C[C@@H](OC(=O)CCCCCCC/C=C/CCCCCCCC)CC3(C)C)[C@](C)(O)C1. The zero-order valence-electron chi connectivity index (χ0n) is 53.6. The van der Waals surface area contributed by atoms with Gasteiger partial charge in [0.05, 0.1) is 11.2 Å². The molecule has 1 heterocycles. The lowest BCUT2D eigenvalue weighted by atomic mass is 9.61. The third-order valence-corrected chi connectivity index (χ3v) is 17.2. The highest BCUT2D eigenvalue weighted by Gasteiger charge is 2.76. The lowest BCUT2D eigenvalue weighted by Gasteiger charge is -2.44. The molecule has 2 saturated carbocycles. The van der Waals surface area contributed by atoms with Crippen molar-refractivity contribution in [1.82, 2.24) is 0 Å². The van der Waals surface area contributed by atoms with Crippen LogP contribution in [0.3, 0.4) is 0 Å². The van der Waals surface area contributed by atoms with Gasteiger partial charge in [0, 0.05) is 43.1 Å². The summed E-state index contributed by atoms with van der Waals surface area (Å²) in [6.07, 6.45) is 63.4. The normalized spacial score (nSPS) is 24.2. The summed E-state index contributed by atoms with van der Waals surface area (Å²) >= 11 is 0. The number of fused-ring (bicyclic) bond motifs is 1. The maximum Gasteiger partial charge on any atom is 0.306 e. The number of ketones is 1. The van der Waals surface area contributed by atoms with Gasteiger partial charge in [-0.1, -0.05) is 228 Å². The van der Waals surface area contributed by atoms with Gasteiger partial charge in [-0.05, 0) is 141 Å². The van der Waals surface area contributed by atoms with Crippen LogP contribution in [0, 0.1) is 10.8 Å². The van der Waals surface area contributed by atoms with Gasteiger partial charge in [0.15, 0.2) is 5.78 Å². The van der Waals surface area contributed by atoms with Gasteiger partial charge in [0.2, 0.25) is 0 Å². The van der Waals surface area contributed by atoms with E-state index >= 15 is 0 Å². The van der Waals surface area contributed by atoms with E-state index in [0.29, 0.717) is 50.5 Å². The fourth-order valence-electron chi connectivity index (χ4n) is 12.4. The first-order valence-electron chi connectivity index (χ1n) is 32.4. The number of esters is 2. The average molecular weight is 1120 g/mol. The molecular weight excluding hydrogens is 1000 g/mol. The number of hydrogen-bond donors (Lipinski definition) is 1. The molecule has 3 fully saturated rings. The van der Waals surface area contributed by atoms with Crippen LogP contribution in [-0.2, 0) is 28.6 Å². The highest BCUT2D eigenvalue weighted by molar-refractivity contribution is 5.96. The number of Topliss-reactive ketones (excluding diaryl/α,β-unsaturated/α-hetero) is 1. The minimum absolute atomic E-state index is 0.0773.